The fourth-order valence-electron chi connectivity index (χ4n) is 1.99. The number of hydrogen-bond donors (Lipinski definition) is 2. The summed E-state index contributed by atoms with van der Waals surface area (Å²) in [5.74, 6) is -0.368. The molecule has 0 aliphatic rings. The molecule has 0 radical (unpaired) electrons. The van der Waals surface area contributed by atoms with Gasteiger partial charge in [-0.2, -0.15) is 0 Å². The van der Waals surface area contributed by atoms with Crippen LogP contribution in [-0.4, -0.2) is 18.6 Å². The van der Waals surface area contributed by atoms with Crippen molar-refractivity contribution in [2.75, 3.05) is 17.7 Å². The smallest absolute Gasteiger partial charge is 0.340 e. The van der Waals surface area contributed by atoms with Gasteiger partial charge in [0.25, 0.3) is 0 Å². The minimum absolute atomic E-state index is 0.351. The average molecular weight is 264 g/mol. The first kappa shape index (κ1) is 15.3. The Bertz CT molecular complexity index is 419. The largest absolute Gasteiger partial charge is 0.462 e. The zero-order valence-electron chi connectivity index (χ0n) is 12.0. The van der Waals surface area contributed by atoms with Crippen LogP contribution in [0, 0.1) is 0 Å². The Kier molecular flexibility index (Phi) is 6.19. The highest BCUT2D eigenvalue weighted by Gasteiger charge is 2.12. The Morgan fingerprint density at radius 1 is 1.37 bits per heavy atom. The molecular weight excluding hydrogens is 240 g/mol. The van der Waals surface area contributed by atoms with E-state index in [1.807, 2.05) is 6.07 Å². The molecule has 1 aromatic rings. The Morgan fingerprint density at radius 3 is 2.68 bits per heavy atom. The molecule has 0 bridgehead atoms. The molecule has 1 unspecified atom stereocenters. The zero-order chi connectivity index (χ0) is 14.3. The molecule has 1 atom stereocenters. The summed E-state index contributed by atoms with van der Waals surface area (Å²) in [6.45, 7) is 6.45. The lowest BCUT2D eigenvalue weighted by atomic mass is 10.1. The van der Waals surface area contributed by atoms with Crippen molar-refractivity contribution >= 4 is 17.3 Å². The molecule has 0 spiro atoms. The minimum Gasteiger partial charge on any atom is -0.462 e. The summed E-state index contributed by atoms with van der Waals surface area (Å²) in [6.07, 6.45) is 3.29. The topological polar surface area (TPSA) is 64.3 Å². The van der Waals surface area contributed by atoms with E-state index in [1.54, 1.807) is 19.1 Å². The van der Waals surface area contributed by atoms with E-state index in [0.29, 0.717) is 23.9 Å². The average Bonchev–Trinajstić information content (AvgIpc) is 2.40. The second kappa shape index (κ2) is 7.67. The van der Waals surface area contributed by atoms with Crippen molar-refractivity contribution < 1.29 is 9.53 Å². The van der Waals surface area contributed by atoms with Crippen LogP contribution in [0.15, 0.2) is 18.2 Å². The molecule has 19 heavy (non-hydrogen) atoms. The fraction of sp³-hybridized carbons (Fsp3) is 0.533. The standard InChI is InChI=1S/C15H24N2O2/c1-4-7-11(5-2)17-12-8-9-14(16)13(10-12)15(18)19-6-3/h8-11,17H,4-7,16H2,1-3H3. The lowest BCUT2D eigenvalue weighted by molar-refractivity contribution is 0.0527. The first-order valence-corrected chi connectivity index (χ1v) is 6.95. The molecule has 1 aromatic carbocycles. The van der Waals surface area contributed by atoms with Crippen LogP contribution >= 0.6 is 0 Å². The molecule has 0 aliphatic carbocycles. The van der Waals surface area contributed by atoms with Crippen molar-refractivity contribution in [2.45, 2.75) is 46.1 Å². The van der Waals surface area contributed by atoms with Crippen molar-refractivity contribution in [3.05, 3.63) is 23.8 Å². The quantitative estimate of drug-likeness (QED) is 0.585. The summed E-state index contributed by atoms with van der Waals surface area (Å²) in [5, 5.41) is 3.43. The second-order valence-corrected chi connectivity index (χ2v) is 4.56. The number of hydrogen-bond acceptors (Lipinski definition) is 4. The summed E-state index contributed by atoms with van der Waals surface area (Å²) >= 11 is 0. The van der Waals surface area contributed by atoms with E-state index < -0.39 is 0 Å². The SMILES string of the molecule is CCCC(CC)Nc1ccc(N)c(C(=O)OCC)c1. The van der Waals surface area contributed by atoms with Crippen molar-refractivity contribution in [3.8, 4) is 0 Å². The summed E-state index contributed by atoms with van der Waals surface area (Å²) in [5.41, 5.74) is 7.61. The maximum absolute atomic E-state index is 11.8. The highest BCUT2D eigenvalue weighted by molar-refractivity contribution is 5.96. The van der Waals surface area contributed by atoms with E-state index in [2.05, 4.69) is 19.2 Å². The number of carbonyl (C=O) groups is 1. The monoisotopic (exact) mass is 264 g/mol. The summed E-state index contributed by atoms with van der Waals surface area (Å²) in [6, 6.07) is 5.83. The van der Waals surface area contributed by atoms with Crippen LogP contribution in [0.5, 0.6) is 0 Å². The summed E-state index contributed by atoms with van der Waals surface area (Å²) in [4.78, 5) is 11.8. The summed E-state index contributed by atoms with van der Waals surface area (Å²) in [7, 11) is 0. The van der Waals surface area contributed by atoms with Gasteiger partial charge in [0.15, 0.2) is 0 Å². The molecule has 0 aliphatic heterocycles. The molecule has 1 rings (SSSR count). The zero-order valence-corrected chi connectivity index (χ0v) is 12.0. The van der Waals surface area contributed by atoms with Gasteiger partial charge in [0.1, 0.15) is 0 Å². The van der Waals surface area contributed by atoms with Crippen molar-refractivity contribution in [1.29, 1.82) is 0 Å². The third-order valence-corrected chi connectivity index (χ3v) is 3.05. The number of rotatable bonds is 7. The maximum Gasteiger partial charge on any atom is 0.340 e. The number of esters is 1. The second-order valence-electron chi connectivity index (χ2n) is 4.56. The first-order valence-electron chi connectivity index (χ1n) is 6.95. The number of nitrogen functional groups attached to an aromatic ring is 1. The molecule has 106 valence electrons. The van der Waals surface area contributed by atoms with Crippen molar-refractivity contribution in [2.24, 2.45) is 0 Å². The molecule has 0 saturated heterocycles. The molecule has 3 N–H and O–H groups in total. The number of carbonyl (C=O) groups excluding carboxylic acids is 1. The van der Waals surface area contributed by atoms with Gasteiger partial charge >= 0.3 is 5.97 Å². The third kappa shape index (κ3) is 4.47. The van der Waals surface area contributed by atoms with Crippen LogP contribution in [0.25, 0.3) is 0 Å². The van der Waals surface area contributed by atoms with Crippen LogP contribution in [0.4, 0.5) is 11.4 Å². The van der Waals surface area contributed by atoms with Crippen molar-refractivity contribution in [3.63, 3.8) is 0 Å². The van der Waals surface area contributed by atoms with Crippen LogP contribution < -0.4 is 11.1 Å². The molecule has 0 saturated carbocycles. The fourth-order valence-corrected chi connectivity index (χ4v) is 1.99. The number of anilines is 2. The highest BCUT2D eigenvalue weighted by atomic mass is 16.5. The predicted molar refractivity (Wildman–Crippen MR) is 79.4 cm³/mol. The molecule has 0 aromatic heterocycles. The molecule has 0 amide bonds. The van der Waals surface area contributed by atoms with Gasteiger partial charge in [-0.3, -0.25) is 0 Å². The molecular formula is C15H24N2O2. The third-order valence-electron chi connectivity index (χ3n) is 3.05. The number of benzene rings is 1. The van der Waals surface area contributed by atoms with Gasteiger partial charge in [0.05, 0.1) is 12.2 Å². The van der Waals surface area contributed by atoms with Gasteiger partial charge in [-0.15, -0.1) is 0 Å². The molecule has 0 fully saturated rings. The Morgan fingerprint density at radius 2 is 2.11 bits per heavy atom. The van der Waals surface area contributed by atoms with Gasteiger partial charge < -0.3 is 15.8 Å². The number of ether oxygens (including phenoxy) is 1. The van der Waals surface area contributed by atoms with Gasteiger partial charge in [-0.1, -0.05) is 20.3 Å². The van der Waals surface area contributed by atoms with Crippen LogP contribution in [0.3, 0.4) is 0 Å². The normalized spacial score (nSPS) is 11.9. The van der Waals surface area contributed by atoms with E-state index >= 15 is 0 Å². The Labute approximate surface area is 115 Å². The molecule has 0 heterocycles. The Hall–Kier alpha value is -1.71. The van der Waals surface area contributed by atoms with Crippen LogP contribution in [0.1, 0.15) is 50.4 Å². The first-order chi connectivity index (χ1) is 9.12. The number of nitrogens with two attached hydrogens (primary N) is 1. The minimum atomic E-state index is -0.368. The van der Waals surface area contributed by atoms with E-state index in [4.69, 9.17) is 10.5 Å². The van der Waals surface area contributed by atoms with Gasteiger partial charge in [0, 0.05) is 17.4 Å². The number of nitrogens with one attached hydrogen (secondary N) is 1. The van der Waals surface area contributed by atoms with E-state index in [9.17, 15) is 4.79 Å². The van der Waals surface area contributed by atoms with E-state index in [0.717, 1.165) is 24.9 Å². The van der Waals surface area contributed by atoms with Crippen LogP contribution in [0.2, 0.25) is 0 Å². The van der Waals surface area contributed by atoms with Crippen LogP contribution in [-0.2, 0) is 4.74 Å². The Balaban J connectivity index is 2.86. The summed E-state index contributed by atoms with van der Waals surface area (Å²) < 4.78 is 5.00. The van der Waals surface area contributed by atoms with Gasteiger partial charge in [-0.05, 0) is 38.0 Å². The lowest BCUT2D eigenvalue weighted by Gasteiger charge is -2.18. The molecule has 4 heteroatoms. The van der Waals surface area contributed by atoms with E-state index in [1.165, 1.54) is 0 Å². The lowest BCUT2D eigenvalue weighted by Crippen LogP contribution is -2.18. The molecule has 4 nitrogen and oxygen atoms in total. The van der Waals surface area contributed by atoms with Crippen molar-refractivity contribution in [1.82, 2.24) is 0 Å². The van der Waals surface area contributed by atoms with Gasteiger partial charge in [0.2, 0.25) is 0 Å². The highest BCUT2D eigenvalue weighted by Crippen LogP contribution is 2.20. The van der Waals surface area contributed by atoms with E-state index in [-0.39, 0.29) is 5.97 Å². The van der Waals surface area contributed by atoms with Gasteiger partial charge in [-0.25, -0.2) is 4.79 Å². The maximum atomic E-state index is 11.8. The predicted octanol–water partition coefficient (Wildman–Crippen LogP) is 3.44.